The van der Waals surface area contributed by atoms with Crippen molar-refractivity contribution >= 4 is 50.5 Å². The summed E-state index contributed by atoms with van der Waals surface area (Å²) in [5, 5.41) is 3.98. The van der Waals surface area contributed by atoms with Crippen LogP contribution in [0, 0.1) is 0 Å². The number of sulfonamides is 1. The zero-order chi connectivity index (χ0) is 30.1. The number of nitrogens with one attached hydrogen (secondary N) is 1. The van der Waals surface area contributed by atoms with Gasteiger partial charge < -0.3 is 9.72 Å². The van der Waals surface area contributed by atoms with Gasteiger partial charge in [-0.3, -0.25) is 9.69 Å². The number of piperazine rings is 1. The van der Waals surface area contributed by atoms with Gasteiger partial charge in [-0.25, -0.2) is 13.4 Å². The van der Waals surface area contributed by atoms with Gasteiger partial charge in [0.15, 0.2) is 0 Å². The Morgan fingerprint density at radius 3 is 2.21 bits per heavy atom. The molecule has 6 rings (SSSR count). The molecule has 0 saturated carbocycles. The zero-order valence-corrected chi connectivity index (χ0v) is 25.7. The molecule has 0 spiro atoms. The van der Waals surface area contributed by atoms with Crippen LogP contribution < -0.4 is 5.32 Å². The first-order valence-corrected chi connectivity index (χ1v) is 16.0. The minimum absolute atomic E-state index is 0.204. The molecule has 1 amide bonds. The summed E-state index contributed by atoms with van der Waals surface area (Å²) in [6.07, 6.45) is 2.08. The number of imidazole rings is 1. The Labute approximate surface area is 260 Å². The van der Waals surface area contributed by atoms with Crippen molar-refractivity contribution in [2.75, 3.05) is 31.5 Å². The smallest absolute Gasteiger partial charge is 0.243 e. The number of fused-ring (bicyclic) bond motifs is 1. The third-order valence-corrected chi connectivity index (χ3v) is 9.91. The lowest BCUT2D eigenvalue weighted by molar-refractivity contribution is -0.114. The molecule has 0 radical (unpaired) electrons. The summed E-state index contributed by atoms with van der Waals surface area (Å²) in [5.74, 6) is -0.211. The summed E-state index contributed by atoms with van der Waals surface area (Å²) in [6, 6.07) is 25.7. The summed E-state index contributed by atoms with van der Waals surface area (Å²) < 4.78 is 30.4. The van der Waals surface area contributed by atoms with Crippen molar-refractivity contribution in [3.05, 3.63) is 107 Å². The minimum atomic E-state index is -3.67. The zero-order valence-electron chi connectivity index (χ0n) is 23.4. The number of nitrogens with zero attached hydrogens (tertiary/aromatic N) is 4. The van der Waals surface area contributed by atoms with Crippen molar-refractivity contribution in [3.8, 4) is 22.4 Å². The van der Waals surface area contributed by atoms with Crippen LogP contribution in [0.1, 0.15) is 12.6 Å². The third-order valence-electron chi connectivity index (χ3n) is 7.51. The second-order valence-electron chi connectivity index (χ2n) is 10.5. The fraction of sp³-hybridized carbons (Fsp3) is 0.188. The van der Waals surface area contributed by atoms with Gasteiger partial charge in [0.1, 0.15) is 5.65 Å². The number of carbonyl (C=O) groups is 1. The third kappa shape index (κ3) is 6.32. The molecule has 0 aliphatic carbocycles. The number of anilines is 1. The number of rotatable bonds is 7. The molecule has 0 bridgehead atoms. The molecular formula is C32H29Cl2N5O3S. The van der Waals surface area contributed by atoms with Gasteiger partial charge >= 0.3 is 0 Å². The largest absolute Gasteiger partial charge is 0.326 e. The number of hydrogen-bond acceptors (Lipinski definition) is 5. The molecule has 43 heavy (non-hydrogen) atoms. The highest BCUT2D eigenvalue weighted by Crippen LogP contribution is 2.30. The molecule has 5 aromatic rings. The minimum Gasteiger partial charge on any atom is -0.326 e. The average Bonchev–Trinajstić information content (AvgIpc) is 3.35. The van der Waals surface area contributed by atoms with Gasteiger partial charge in [0.05, 0.1) is 16.3 Å². The highest BCUT2D eigenvalue weighted by molar-refractivity contribution is 7.89. The first-order valence-electron chi connectivity index (χ1n) is 13.8. The fourth-order valence-electron chi connectivity index (χ4n) is 5.32. The maximum Gasteiger partial charge on any atom is 0.243 e. The van der Waals surface area contributed by atoms with Gasteiger partial charge in [-0.15, -0.1) is 0 Å². The Bertz CT molecular complexity index is 1900. The monoisotopic (exact) mass is 633 g/mol. The van der Waals surface area contributed by atoms with Crippen LogP contribution in [0.15, 0.2) is 96.0 Å². The summed E-state index contributed by atoms with van der Waals surface area (Å²) in [5.41, 5.74) is 6.20. The van der Waals surface area contributed by atoms with Crippen LogP contribution in [0.25, 0.3) is 28.0 Å². The number of pyridine rings is 1. The van der Waals surface area contributed by atoms with Crippen LogP contribution >= 0.6 is 23.2 Å². The SMILES string of the molecule is CC(=O)Nc1ccc(S(=O)(=O)N2CCN(Cc3c(-c4ccc(Cl)cc4)nc4ccc(-c5cccc(Cl)c5)cn34)CC2)cc1. The van der Waals surface area contributed by atoms with E-state index in [0.717, 1.165) is 33.7 Å². The normalized spacial score (nSPS) is 14.7. The molecule has 0 unspecified atom stereocenters. The Morgan fingerprint density at radius 1 is 0.837 bits per heavy atom. The Balaban J connectivity index is 1.26. The van der Waals surface area contributed by atoms with E-state index < -0.39 is 10.0 Å². The summed E-state index contributed by atoms with van der Waals surface area (Å²) in [6.45, 7) is 3.83. The molecule has 1 N–H and O–H groups in total. The summed E-state index contributed by atoms with van der Waals surface area (Å²) in [7, 11) is -3.67. The van der Waals surface area contributed by atoms with Crippen LogP contribution in [0.3, 0.4) is 0 Å². The molecule has 220 valence electrons. The number of hydrogen-bond donors (Lipinski definition) is 1. The predicted molar refractivity (Wildman–Crippen MR) is 171 cm³/mol. The lowest BCUT2D eigenvalue weighted by atomic mass is 10.1. The van der Waals surface area contributed by atoms with Crippen molar-refractivity contribution in [1.29, 1.82) is 0 Å². The molecule has 3 aromatic carbocycles. The molecule has 3 heterocycles. The van der Waals surface area contributed by atoms with E-state index in [2.05, 4.69) is 20.8 Å². The summed E-state index contributed by atoms with van der Waals surface area (Å²) in [4.78, 5) is 18.7. The average molecular weight is 635 g/mol. The maximum atomic E-state index is 13.4. The number of halogens is 2. The van der Waals surface area contributed by atoms with Crippen LogP contribution in [0.4, 0.5) is 5.69 Å². The molecular weight excluding hydrogens is 605 g/mol. The highest BCUT2D eigenvalue weighted by atomic mass is 35.5. The Kier molecular flexibility index (Phi) is 8.26. The van der Waals surface area contributed by atoms with Crippen molar-refractivity contribution in [3.63, 3.8) is 0 Å². The quantitative estimate of drug-likeness (QED) is 0.223. The van der Waals surface area contributed by atoms with Crippen molar-refractivity contribution < 1.29 is 13.2 Å². The van der Waals surface area contributed by atoms with E-state index in [-0.39, 0.29) is 10.8 Å². The second kappa shape index (κ2) is 12.1. The first-order chi connectivity index (χ1) is 20.7. The van der Waals surface area contributed by atoms with Crippen LogP contribution in [0.2, 0.25) is 10.0 Å². The molecule has 8 nitrogen and oxygen atoms in total. The fourth-order valence-corrected chi connectivity index (χ4v) is 7.06. The first kappa shape index (κ1) is 29.3. The van der Waals surface area contributed by atoms with Gasteiger partial charge in [-0.1, -0.05) is 47.5 Å². The number of carbonyl (C=O) groups excluding carboxylic acids is 1. The van der Waals surface area contributed by atoms with Crippen LogP contribution in [0.5, 0.6) is 0 Å². The van der Waals surface area contributed by atoms with Crippen molar-refractivity contribution in [2.45, 2.75) is 18.4 Å². The van der Waals surface area contributed by atoms with Crippen LogP contribution in [-0.4, -0.2) is 59.1 Å². The highest BCUT2D eigenvalue weighted by Gasteiger charge is 2.29. The van der Waals surface area contributed by atoms with Crippen molar-refractivity contribution in [1.82, 2.24) is 18.6 Å². The molecule has 0 atom stereocenters. The van der Waals surface area contributed by atoms with E-state index in [4.69, 9.17) is 28.2 Å². The van der Waals surface area contributed by atoms with Gasteiger partial charge in [0, 0.05) is 67.1 Å². The van der Waals surface area contributed by atoms with E-state index >= 15 is 0 Å². The van der Waals surface area contributed by atoms with Crippen molar-refractivity contribution in [2.24, 2.45) is 0 Å². The van der Waals surface area contributed by atoms with Gasteiger partial charge in [0.25, 0.3) is 0 Å². The van der Waals surface area contributed by atoms with E-state index in [0.29, 0.717) is 48.5 Å². The Hall–Kier alpha value is -3.73. The number of amides is 1. The summed E-state index contributed by atoms with van der Waals surface area (Å²) >= 11 is 12.5. The van der Waals surface area contributed by atoms with E-state index in [1.807, 2.05) is 60.7 Å². The molecule has 1 aliphatic rings. The molecule has 1 fully saturated rings. The lowest BCUT2D eigenvalue weighted by Gasteiger charge is -2.34. The standard InChI is InChI=1S/C32H29Cl2N5O3S/c1-22(40)35-28-10-12-29(13-11-28)43(41,42)38-17-15-37(16-18-38)21-30-32(23-5-8-26(33)9-6-23)36-31-14-7-25(20-39(30)31)24-3-2-4-27(34)19-24/h2-14,19-20H,15-18,21H2,1H3,(H,35,40). The molecule has 1 saturated heterocycles. The Morgan fingerprint density at radius 2 is 1.53 bits per heavy atom. The van der Waals surface area contributed by atoms with Crippen LogP contribution in [-0.2, 0) is 21.4 Å². The number of aromatic nitrogens is 2. The van der Waals surface area contributed by atoms with E-state index in [1.165, 1.54) is 23.4 Å². The van der Waals surface area contributed by atoms with E-state index in [9.17, 15) is 13.2 Å². The molecule has 2 aromatic heterocycles. The lowest BCUT2D eigenvalue weighted by Crippen LogP contribution is -2.48. The van der Waals surface area contributed by atoms with Gasteiger partial charge in [-0.05, 0) is 71.8 Å². The van der Waals surface area contributed by atoms with Gasteiger partial charge in [-0.2, -0.15) is 4.31 Å². The maximum absolute atomic E-state index is 13.4. The topological polar surface area (TPSA) is 87.0 Å². The molecule has 11 heteroatoms. The van der Waals surface area contributed by atoms with E-state index in [1.54, 1.807) is 12.1 Å². The van der Waals surface area contributed by atoms with Gasteiger partial charge in [0.2, 0.25) is 15.9 Å². The second-order valence-corrected chi connectivity index (χ2v) is 13.3. The number of benzene rings is 3. The predicted octanol–water partition coefficient (Wildman–Crippen LogP) is 6.44. The molecule has 1 aliphatic heterocycles.